The van der Waals surface area contributed by atoms with Crippen molar-refractivity contribution in [2.45, 2.75) is 50.4 Å². The first kappa shape index (κ1) is 16.4. The number of amides is 1. The van der Waals surface area contributed by atoms with Gasteiger partial charge in [0.05, 0.1) is 6.10 Å². The summed E-state index contributed by atoms with van der Waals surface area (Å²) in [5, 5.41) is 12.8. The Balaban J connectivity index is 1.42. The number of nitrogens with two attached hydrogens (primary N) is 1. The molecule has 3 atom stereocenters. The van der Waals surface area contributed by atoms with Gasteiger partial charge in [-0.2, -0.15) is 0 Å². The molecular formula is C17H26N4O2. The van der Waals surface area contributed by atoms with E-state index in [2.05, 4.69) is 15.2 Å². The number of aliphatic hydroxyl groups excluding tert-OH is 1. The second kappa shape index (κ2) is 7.38. The zero-order valence-electron chi connectivity index (χ0n) is 13.4. The molecule has 3 rings (SSSR count). The van der Waals surface area contributed by atoms with E-state index in [4.69, 9.17) is 5.73 Å². The van der Waals surface area contributed by atoms with Crippen LogP contribution in [0.25, 0.3) is 0 Å². The van der Waals surface area contributed by atoms with Gasteiger partial charge in [-0.15, -0.1) is 0 Å². The van der Waals surface area contributed by atoms with Gasteiger partial charge in [0.1, 0.15) is 0 Å². The summed E-state index contributed by atoms with van der Waals surface area (Å²) in [6, 6.07) is 4.07. The van der Waals surface area contributed by atoms with E-state index in [1.54, 1.807) is 0 Å². The lowest BCUT2D eigenvalue weighted by Crippen LogP contribution is -2.46. The molecule has 1 saturated carbocycles. The molecule has 0 aromatic carbocycles. The van der Waals surface area contributed by atoms with Crippen LogP contribution in [0.5, 0.6) is 0 Å². The van der Waals surface area contributed by atoms with Crippen LogP contribution in [0.3, 0.4) is 0 Å². The lowest BCUT2D eigenvalue weighted by Gasteiger charge is -2.32. The van der Waals surface area contributed by atoms with Crippen LogP contribution < -0.4 is 11.1 Å². The molecule has 4 N–H and O–H groups in total. The van der Waals surface area contributed by atoms with Crippen LogP contribution in [0, 0.1) is 5.92 Å². The van der Waals surface area contributed by atoms with Gasteiger partial charge in [-0.3, -0.25) is 14.7 Å². The normalized spacial score (nSPS) is 29.6. The minimum atomic E-state index is -0.534. The first-order valence-corrected chi connectivity index (χ1v) is 8.47. The van der Waals surface area contributed by atoms with Crippen molar-refractivity contribution in [2.75, 3.05) is 13.1 Å². The predicted octanol–water partition coefficient (Wildman–Crippen LogP) is 0.260. The molecule has 1 aromatic rings. The smallest absolute Gasteiger partial charge is 0.223 e. The summed E-state index contributed by atoms with van der Waals surface area (Å²) >= 11 is 0. The highest BCUT2D eigenvalue weighted by Crippen LogP contribution is 2.25. The van der Waals surface area contributed by atoms with Crippen LogP contribution >= 0.6 is 0 Å². The summed E-state index contributed by atoms with van der Waals surface area (Å²) in [5.74, 6) is -0.0700. The van der Waals surface area contributed by atoms with E-state index in [1.165, 1.54) is 5.56 Å². The van der Waals surface area contributed by atoms with Gasteiger partial charge in [-0.25, -0.2) is 0 Å². The Hall–Kier alpha value is -1.50. The molecular weight excluding hydrogens is 292 g/mol. The first-order valence-electron chi connectivity index (χ1n) is 8.47. The number of pyridine rings is 1. The molecule has 2 heterocycles. The average molecular weight is 318 g/mol. The van der Waals surface area contributed by atoms with Gasteiger partial charge in [-0.05, 0) is 43.4 Å². The molecule has 6 nitrogen and oxygen atoms in total. The van der Waals surface area contributed by atoms with Gasteiger partial charge in [0, 0.05) is 50.0 Å². The molecule has 1 aliphatic carbocycles. The summed E-state index contributed by atoms with van der Waals surface area (Å²) in [7, 11) is 0. The third kappa shape index (κ3) is 4.28. The Morgan fingerprint density at radius 2 is 2.00 bits per heavy atom. The molecule has 1 saturated heterocycles. The van der Waals surface area contributed by atoms with Gasteiger partial charge in [0.15, 0.2) is 0 Å². The Morgan fingerprint density at radius 3 is 2.61 bits per heavy atom. The molecule has 0 spiro atoms. The molecule has 2 fully saturated rings. The van der Waals surface area contributed by atoms with Crippen molar-refractivity contribution in [1.82, 2.24) is 15.2 Å². The van der Waals surface area contributed by atoms with Crippen molar-refractivity contribution < 1.29 is 9.90 Å². The second-order valence-corrected chi connectivity index (χ2v) is 6.81. The Morgan fingerprint density at radius 1 is 1.30 bits per heavy atom. The first-order chi connectivity index (χ1) is 11.1. The fraction of sp³-hybridized carbons (Fsp3) is 0.647. The van der Waals surface area contributed by atoms with Gasteiger partial charge in [0.25, 0.3) is 0 Å². The van der Waals surface area contributed by atoms with Crippen LogP contribution in [0.1, 0.15) is 31.2 Å². The van der Waals surface area contributed by atoms with Crippen molar-refractivity contribution in [2.24, 2.45) is 11.7 Å². The molecule has 0 unspecified atom stereocenters. The lowest BCUT2D eigenvalue weighted by atomic mass is 10.0. The third-order valence-corrected chi connectivity index (χ3v) is 5.04. The standard InChI is InChI=1S/C17H26N4O2/c18-15-9-13(10-16(15)22)17(23)20-14-3-7-21(8-4-14)11-12-1-5-19-6-2-12/h1-2,5-6,13-16,22H,3-4,7-11,18H2,(H,20,23)/t13-,15-,16-/m0/s1. The average Bonchev–Trinajstić information content (AvgIpc) is 2.90. The van der Waals surface area contributed by atoms with Crippen LogP contribution in [-0.4, -0.2) is 52.2 Å². The number of aromatic nitrogens is 1. The van der Waals surface area contributed by atoms with Crippen LogP contribution in [0.15, 0.2) is 24.5 Å². The number of hydrogen-bond donors (Lipinski definition) is 3. The van der Waals surface area contributed by atoms with E-state index in [-0.39, 0.29) is 23.9 Å². The molecule has 1 aromatic heterocycles. The quantitative estimate of drug-likeness (QED) is 0.741. The molecule has 23 heavy (non-hydrogen) atoms. The molecule has 126 valence electrons. The number of nitrogens with one attached hydrogen (secondary N) is 1. The van der Waals surface area contributed by atoms with Crippen LogP contribution in [0.2, 0.25) is 0 Å². The molecule has 6 heteroatoms. The number of piperidine rings is 1. The number of carbonyl (C=O) groups excluding carboxylic acids is 1. The van der Waals surface area contributed by atoms with Crippen molar-refractivity contribution in [3.63, 3.8) is 0 Å². The van der Waals surface area contributed by atoms with Gasteiger partial charge in [-0.1, -0.05) is 0 Å². The minimum Gasteiger partial charge on any atom is -0.391 e. The summed E-state index contributed by atoms with van der Waals surface area (Å²) in [5.41, 5.74) is 7.06. The number of hydrogen-bond acceptors (Lipinski definition) is 5. The summed E-state index contributed by atoms with van der Waals surface area (Å²) < 4.78 is 0. The fourth-order valence-corrected chi connectivity index (χ4v) is 3.56. The zero-order chi connectivity index (χ0) is 16.2. The summed E-state index contributed by atoms with van der Waals surface area (Å²) in [6.45, 7) is 2.91. The predicted molar refractivity (Wildman–Crippen MR) is 87.4 cm³/mol. The van der Waals surface area contributed by atoms with Crippen molar-refractivity contribution in [3.05, 3.63) is 30.1 Å². The highest BCUT2D eigenvalue weighted by Gasteiger charge is 2.35. The maximum atomic E-state index is 12.3. The number of carbonyl (C=O) groups is 1. The Bertz CT molecular complexity index is 507. The number of nitrogens with zero attached hydrogens (tertiary/aromatic N) is 2. The number of aliphatic hydroxyl groups is 1. The van der Waals surface area contributed by atoms with E-state index < -0.39 is 6.10 Å². The SMILES string of the molecule is N[C@H]1C[C@H](C(=O)NC2CCN(Cc3ccncc3)CC2)C[C@@H]1O. The van der Waals surface area contributed by atoms with Gasteiger partial charge < -0.3 is 16.2 Å². The van der Waals surface area contributed by atoms with Crippen molar-refractivity contribution in [3.8, 4) is 0 Å². The molecule has 0 bridgehead atoms. The summed E-state index contributed by atoms with van der Waals surface area (Å²) in [6.07, 6.45) is 6.14. The largest absolute Gasteiger partial charge is 0.391 e. The monoisotopic (exact) mass is 318 g/mol. The highest BCUT2D eigenvalue weighted by atomic mass is 16.3. The third-order valence-electron chi connectivity index (χ3n) is 5.04. The Kier molecular flexibility index (Phi) is 5.25. The Labute approximate surface area is 137 Å². The zero-order valence-corrected chi connectivity index (χ0v) is 13.4. The second-order valence-electron chi connectivity index (χ2n) is 6.81. The molecule has 0 radical (unpaired) electrons. The van der Waals surface area contributed by atoms with Gasteiger partial charge >= 0.3 is 0 Å². The fourth-order valence-electron chi connectivity index (χ4n) is 3.56. The van der Waals surface area contributed by atoms with E-state index in [0.717, 1.165) is 32.5 Å². The maximum Gasteiger partial charge on any atom is 0.223 e. The van der Waals surface area contributed by atoms with E-state index in [1.807, 2.05) is 24.5 Å². The topological polar surface area (TPSA) is 91.5 Å². The van der Waals surface area contributed by atoms with E-state index in [0.29, 0.717) is 12.8 Å². The van der Waals surface area contributed by atoms with Crippen molar-refractivity contribution in [1.29, 1.82) is 0 Å². The molecule has 1 aliphatic heterocycles. The molecule has 2 aliphatic rings. The van der Waals surface area contributed by atoms with E-state index in [9.17, 15) is 9.90 Å². The minimum absolute atomic E-state index is 0.0598. The van der Waals surface area contributed by atoms with Crippen LogP contribution in [0.4, 0.5) is 0 Å². The maximum absolute atomic E-state index is 12.3. The lowest BCUT2D eigenvalue weighted by molar-refractivity contribution is -0.126. The number of rotatable bonds is 4. The summed E-state index contributed by atoms with van der Waals surface area (Å²) in [4.78, 5) is 18.7. The van der Waals surface area contributed by atoms with Crippen LogP contribution in [-0.2, 0) is 11.3 Å². The van der Waals surface area contributed by atoms with Crippen molar-refractivity contribution >= 4 is 5.91 Å². The number of likely N-dealkylation sites (tertiary alicyclic amines) is 1. The van der Waals surface area contributed by atoms with E-state index >= 15 is 0 Å². The highest BCUT2D eigenvalue weighted by molar-refractivity contribution is 5.79. The molecule has 1 amide bonds. The van der Waals surface area contributed by atoms with Gasteiger partial charge in [0.2, 0.25) is 5.91 Å².